The molecule has 0 saturated carbocycles. The normalized spacial score (nSPS) is 17.3. The third-order valence-electron chi connectivity index (χ3n) is 4.46. The van der Waals surface area contributed by atoms with Gasteiger partial charge in [0.05, 0.1) is 5.69 Å². The van der Waals surface area contributed by atoms with Crippen molar-refractivity contribution in [2.24, 2.45) is 0 Å². The van der Waals surface area contributed by atoms with Gasteiger partial charge in [-0.1, -0.05) is 11.6 Å². The predicted molar refractivity (Wildman–Crippen MR) is 97.3 cm³/mol. The molecular weight excluding hydrogens is 362 g/mol. The number of hydrogen-bond acceptors (Lipinski definition) is 3. The van der Waals surface area contributed by atoms with E-state index in [4.69, 9.17) is 16.3 Å². The molecule has 0 bridgehead atoms. The molecule has 1 amide bonds. The number of nitrogens with zero attached hydrogens (tertiary/aromatic N) is 2. The number of carbonyl (C=O) groups excluding carboxylic acids is 1. The fraction of sp³-hybridized carbons (Fsp3) is 0.316. The Balaban J connectivity index is 1.93. The van der Waals surface area contributed by atoms with Gasteiger partial charge in [0.25, 0.3) is 0 Å². The van der Waals surface area contributed by atoms with Crippen LogP contribution in [0.3, 0.4) is 0 Å². The average Bonchev–Trinajstić information content (AvgIpc) is 2.98. The van der Waals surface area contributed by atoms with Crippen molar-refractivity contribution in [1.29, 1.82) is 0 Å². The lowest BCUT2D eigenvalue weighted by atomic mass is 10.0. The number of hydrogen-bond donors (Lipinski definition) is 0. The third kappa shape index (κ3) is 3.97. The fourth-order valence-electron chi connectivity index (χ4n) is 3.06. The number of likely N-dealkylation sites (tertiary alicyclic amines) is 1. The number of benzene rings is 2. The van der Waals surface area contributed by atoms with E-state index in [2.05, 4.69) is 0 Å². The molecule has 0 aromatic heterocycles. The van der Waals surface area contributed by atoms with Crippen LogP contribution in [0.25, 0.3) is 11.1 Å². The Morgan fingerprint density at radius 2 is 2.00 bits per heavy atom. The van der Waals surface area contributed by atoms with Crippen molar-refractivity contribution in [3.8, 4) is 11.1 Å². The summed E-state index contributed by atoms with van der Waals surface area (Å²) in [6.45, 7) is 0.866. The summed E-state index contributed by atoms with van der Waals surface area (Å²) in [6, 6.07) is 7.87. The van der Waals surface area contributed by atoms with E-state index in [0.717, 1.165) is 25.5 Å². The zero-order valence-corrected chi connectivity index (χ0v) is 15.3. The summed E-state index contributed by atoms with van der Waals surface area (Å²) in [5.74, 6) is -1.04. The lowest BCUT2D eigenvalue weighted by molar-refractivity contribution is 0.0315. The topological polar surface area (TPSA) is 32.8 Å². The molecule has 1 heterocycles. The molecule has 26 heavy (non-hydrogen) atoms. The monoisotopic (exact) mass is 380 g/mol. The highest BCUT2D eigenvalue weighted by Gasteiger charge is 2.27. The summed E-state index contributed by atoms with van der Waals surface area (Å²) < 4.78 is 33.1. The van der Waals surface area contributed by atoms with E-state index in [0.29, 0.717) is 16.8 Å². The van der Waals surface area contributed by atoms with E-state index in [9.17, 15) is 13.6 Å². The molecule has 1 saturated heterocycles. The van der Waals surface area contributed by atoms with E-state index in [1.165, 1.54) is 42.3 Å². The highest BCUT2D eigenvalue weighted by molar-refractivity contribution is 6.30. The van der Waals surface area contributed by atoms with Gasteiger partial charge in [0.1, 0.15) is 11.6 Å². The molecule has 1 atom stereocenters. The van der Waals surface area contributed by atoms with Crippen LogP contribution in [0.4, 0.5) is 19.3 Å². The molecule has 7 heteroatoms. The standard InChI is InChI=1S/C19H19ClF2N2O2/c1-23-7-3-4-18(23)26-19(25)24(2)17-6-5-14(21)11-16(17)12-8-13(20)10-15(22)9-12/h5-6,8-11,18H,3-4,7H2,1-2H3/t18-/m0/s1. The first-order valence-corrected chi connectivity index (χ1v) is 8.63. The largest absolute Gasteiger partial charge is 0.430 e. The van der Waals surface area contributed by atoms with Gasteiger partial charge in [-0.2, -0.15) is 0 Å². The van der Waals surface area contributed by atoms with Gasteiger partial charge in [-0.25, -0.2) is 13.6 Å². The van der Waals surface area contributed by atoms with E-state index in [1.54, 1.807) is 0 Å². The number of carbonyl (C=O) groups is 1. The lowest BCUT2D eigenvalue weighted by Gasteiger charge is -2.25. The van der Waals surface area contributed by atoms with Gasteiger partial charge in [0.15, 0.2) is 6.23 Å². The van der Waals surface area contributed by atoms with Crippen molar-refractivity contribution in [1.82, 2.24) is 4.90 Å². The summed E-state index contributed by atoms with van der Waals surface area (Å²) in [7, 11) is 3.43. The minimum Gasteiger partial charge on any atom is -0.430 e. The van der Waals surface area contributed by atoms with Gasteiger partial charge in [0, 0.05) is 24.2 Å². The summed E-state index contributed by atoms with van der Waals surface area (Å²) in [5, 5.41) is 0.188. The molecule has 2 aromatic carbocycles. The number of anilines is 1. The van der Waals surface area contributed by atoms with Gasteiger partial charge < -0.3 is 4.74 Å². The first-order chi connectivity index (χ1) is 12.3. The van der Waals surface area contributed by atoms with Crippen LogP contribution in [0.5, 0.6) is 0 Å². The third-order valence-corrected chi connectivity index (χ3v) is 4.68. The van der Waals surface area contributed by atoms with E-state index < -0.39 is 17.7 Å². The average molecular weight is 381 g/mol. The van der Waals surface area contributed by atoms with Crippen LogP contribution in [0, 0.1) is 11.6 Å². The van der Waals surface area contributed by atoms with E-state index >= 15 is 0 Å². The first-order valence-electron chi connectivity index (χ1n) is 8.26. The van der Waals surface area contributed by atoms with Gasteiger partial charge in [0.2, 0.25) is 0 Å². The quantitative estimate of drug-likeness (QED) is 0.758. The molecule has 138 valence electrons. The van der Waals surface area contributed by atoms with Gasteiger partial charge in [-0.15, -0.1) is 0 Å². The Labute approximate surface area is 155 Å². The maximum atomic E-state index is 13.8. The second-order valence-corrected chi connectivity index (χ2v) is 6.78. The number of amides is 1. The smallest absolute Gasteiger partial charge is 0.415 e. The molecule has 1 fully saturated rings. The first kappa shape index (κ1) is 18.6. The van der Waals surface area contributed by atoms with Crippen LogP contribution in [-0.2, 0) is 4.74 Å². The van der Waals surface area contributed by atoms with Crippen molar-refractivity contribution in [3.63, 3.8) is 0 Å². The van der Waals surface area contributed by atoms with Crippen LogP contribution < -0.4 is 4.90 Å². The molecule has 4 nitrogen and oxygen atoms in total. The molecule has 1 aliphatic rings. The molecule has 0 unspecified atom stereocenters. The summed E-state index contributed by atoms with van der Waals surface area (Å²) in [6.07, 6.45) is 0.893. The highest BCUT2D eigenvalue weighted by atomic mass is 35.5. The minimum absolute atomic E-state index is 0.188. The highest BCUT2D eigenvalue weighted by Crippen LogP contribution is 2.34. The van der Waals surface area contributed by atoms with Crippen molar-refractivity contribution in [2.75, 3.05) is 25.5 Å². The zero-order chi connectivity index (χ0) is 18.8. The number of halogens is 3. The maximum absolute atomic E-state index is 13.8. The lowest BCUT2D eigenvalue weighted by Crippen LogP contribution is -2.36. The SMILES string of the molecule is CN(C(=O)O[C@H]1CCCN1C)c1ccc(F)cc1-c1cc(F)cc(Cl)c1. The van der Waals surface area contributed by atoms with Crippen LogP contribution in [0.1, 0.15) is 12.8 Å². The second kappa shape index (κ2) is 7.60. The van der Waals surface area contributed by atoms with Crippen molar-refractivity contribution >= 4 is 23.4 Å². The molecule has 1 aliphatic heterocycles. The Hall–Kier alpha value is -2.18. The Morgan fingerprint density at radius 3 is 2.65 bits per heavy atom. The van der Waals surface area contributed by atoms with Crippen LogP contribution in [0.15, 0.2) is 36.4 Å². The number of rotatable bonds is 3. The summed E-state index contributed by atoms with van der Waals surface area (Å²) in [4.78, 5) is 15.8. The Kier molecular flexibility index (Phi) is 5.44. The Morgan fingerprint density at radius 1 is 1.23 bits per heavy atom. The van der Waals surface area contributed by atoms with Gasteiger partial charge >= 0.3 is 6.09 Å². The van der Waals surface area contributed by atoms with Crippen molar-refractivity contribution in [2.45, 2.75) is 19.1 Å². The molecule has 0 spiro atoms. The maximum Gasteiger partial charge on any atom is 0.415 e. The molecule has 0 aliphatic carbocycles. The van der Waals surface area contributed by atoms with Crippen LogP contribution in [-0.4, -0.2) is 37.9 Å². The summed E-state index contributed by atoms with van der Waals surface area (Å²) >= 11 is 5.92. The molecular formula is C19H19ClF2N2O2. The Bertz CT molecular complexity index is 811. The molecule has 0 radical (unpaired) electrons. The van der Waals surface area contributed by atoms with Crippen LogP contribution >= 0.6 is 11.6 Å². The van der Waals surface area contributed by atoms with Crippen molar-refractivity contribution in [3.05, 3.63) is 53.1 Å². The second-order valence-electron chi connectivity index (χ2n) is 6.34. The number of ether oxygens (including phenoxy) is 1. The molecule has 3 rings (SSSR count). The van der Waals surface area contributed by atoms with Crippen LogP contribution in [0.2, 0.25) is 5.02 Å². The van der Waals surface area contributed by atoms with Crippen molar-refractivity contribution < 1.29 is 18.3 Å². The molecule has 2 aromatic rings. The van der Waals surface area contributed by atoms with E-state index in [-0.39, 0.29) is 11.3 Å². The van der Waals surface area contributed by atoms with E-state index in [1.807, 2.05) is 11.9 Å². The van der Waals surface area contributed by atoms with Gasteiger partial charge in [-0.05, 0) is 61.9 Å². The summed E-state index contributed by atoms with van der Waals surface area (Å²) in [5.41, 5.74) is 1.13. The minimum atomic E-state index is -0.556. The molecule has 0 N–H and O–H groups in total. The fourth-order valence-corrected chi connectivity index (χ4v) is 3.29. The predicted octanol–water partition coefficient (Wildman–Crippen LogP) is 4.91. The zero-order valence-electron chi connectivity index (χ0n) is 14.5. The van der Waals surface area contributed by atoms with Gasteiger partial charge in [-0.3, -0.25) is 9.80 Å².